The molecule has 0 aliphatic heterocycles. The van der Waals surface area contributed by atoms with Gasteiger partial charge >= 0.3 is 0 Å². The summed E-state index contributed by atoms with van der Waals surface area (Å²) in [5.41, 5.74) is 3.23. The standard InChI is InChI=1S/C12H15ClO/c1-5-8(2)10-6-9(3)12(14-4)11(13)7-10/h6-7H,2,5H2,1,3-4H3. The normalized spacial score (nSPS) is 10.0. The van der Waals surface area contributed by atoms with Crippen molar-refractivity contribution < 1.29 is 4.74 Å². The molecule has 0 bridgehead atoms. The van der Waals surface area contributed by atoms with E-state index in [1.54, 1.807) is 7.11 Å². The third-order valence-corrected chi connectivity index (χ3v) is 2.55. The largest absolute Gasteiger partial charge is 0.495 e. The van der Waals surface area contributed by atoms with E-state index in [1.807, 2.05) is 13.0 Å². The summed E-state index contributed by atoms with van der Waals surface area (Å²) in [6.07, 6.45) is 0.933. The lowest BCUT2D eigenvalue weighted by molar-refractivity contribution is 0.412. The second-order valence-electron chi connectivity index (χ2n) is 3.27. The van der Waals surface area contributed by atoms with Gasteiger partial charge in [-0.25, -0.2) is 0 Å². The zero-order chi connectivity index (χ0) is 10.7. The van der Waals surface area contributed by atoms with Crippen LogP contribution in [-0.4, -0.2) is 7.11 Å². The Balaban J connectivity index is 3.20. The Kier molecular flexibility index (Phi) is 3.59. The van der Waals surface area contributed by atoms with Crippen molar-refractivity contribution in [3.8, 4) is 5.75 Å². The lowest BCUT2D eigenvalue weighted by Gasteiger charge is -2.10. The van der Waals surface area contributed by atoms with Gasteiger partial charge in [0, 0.05) is 0 Å². The molecule has 0 saturated carbocycles. The van der Waals surface area contributed by atoms with Crippen LogP contribution < -0.4 is 4.74 Å². The second-order valence-corrected chi connectivity index (χ2v) is 3.67. The summed E-state index contributed by atoms with van der Waals surface area (Å²) in [6, 6.07) is 3.95. The van der Waals surface area contributed by atoms with Gasteiger partial charge in [0.25, 0.3) is 0 Å². The van der Waals surface area contributed by atoms with Gasteiger partial charge in [0.2, 0.25) is 0 Å². The molecule has 76 valence electrons. The van der Waals surface area contributed by atoms with E-state index in [2.05, 4.69) is 19.6 Å². The van der Waals surface area contributed by atoms with E-state index < -0.39 is 0 Å². The van der Waals surface area contributed by atoms with E-state index in [4.69, 9.17) is 16.3 Å². The summed E-state index contributed by atoms with van der Waals surface area (Å²) in [5.74, 6) is 0.749. The number of rotatable bonds is 3. The van der Waals surface area contributed by atoms with Gasteiger partial charge in [0.1, 0.15) is 5.75 Å². The van der Waals surface area contributed by atoms with Gasteiger partial charge in [0.15, 0.2) is 0 Å². The first-order valence-electron chi connectivity index (χ1n) is 4.62. The van der Waals surface area contributed by atoms with Gasteiger partial charge in [-0.2, -0.15) is 0 Å². The molecule has 0 saturated heterocycles. The van der Waals surface area contributed by atoms with Crippen molar-refractivity contribution in [1.29, 1.82) is 0 Å². The molecular formula is C12H15ClO. The molecule has 14 heavy (non-hydrogen) atoms. The summed E-state index contributed by atoms with van der Waals surface area (Å²) < 4.78 is 5.18. The number of hydrogen-bond donors (Lipinski definition) is 0. The van der Waals surface area contributed by atoms with Crippen molar-refractivity contribution in [3.05, 3.63) is 34.9 Å². The molecule has 0 unspecified atom stereocenters. The Labute approximate surface area is 90.3 Å². The van der Waals surface area contributed by atoms with Gasteiger partial charge in [-0.05, 0) is 42.2 Å². The highest BCUT2D eigenvalue weighted by atomic mass is 35.5. The van der Waals surface area contributed by atoms with Gasteiger partial charge in [-0.3, -0.25) is 0 Å². The molecule has 0 aliphatic carbocycles. The van der Waals surface area contributed by atoms with Crippen LogP contribution >= 0.6 is 11.6 Å². The molecule has 0 N–H and O–H groups in total. The van der Waals surface area contributed by atoms with Crippen LogP contribution in [0.3, 0.4) is 0 Å². The molecule has 1 aromatic rings. The van der Waals surface area contributed by atoms with E-state index in [1.165, 1.54) is 0 Å². The number of aryl methyl sites for hydroxylation is 1. The molecular weight excluding hydrogens is 196 g/mol. The van der Waals surface area contributed by atoms with Crippen LogP contribution in [0.1, 0.15) is 24.5 Å². The summed E-state index contributed by atoms with van der Waals surface area (Å²) in [6.45, 7) is 8.04. The van der Waals surface area contributed by atoms with Crippen LogP contribution in [0.2, 0.25) is 5.02 Å². The fourth-order valence-corrected chi connectivity index (χ4v) is 1.74. The number of hydrogen-bond acceptors (Lipinski definition) is 1. The Bertz CT molecular complexity index is 332. The maximum Gasteiger partial charge on any atom is 0.140 e. The summed E-state index contributed by atoms with van der Waals surface area (Å²) in [7, 11) is 1.63. The lowest BCUT2D eigenvalue weighted by atomic mass is 10.0. The summed E-state index contributed by atoms with van der Waals surface area (Å²) in [4.78, 5) is 0. The average molecular weight is 211 g/mol. The van der Waals surface area contributed by atoms with Crippen molar-refractivity contribution in [2.45, 2.75) is 20.3 Å². The first-order chi connectivity index (χ1) is 6.60. The zero-order valence-corrected chi connectivity index (χ0v) is 9.61. The topological polar surface area (TPSA) is 9.23 Å². The SMILES string of the molecule is C=C(CC)c1cc(C)c(OC)c(Cl)c1. The van der Waals surface area contributed by atoms with Crippen molar-refractivity contribution in [2.75, 3.05) is 7.11 Å². The quantitative estimate of drug-likeness (QED) is 0.731. The van der Waals surface area contributed by atoms with Gasteiger partial charge in [-0.15, -0.1) is 0 Å². The van der Waals surface area contributed by atoms with E-state index in [-0.39, 0.29) is 0 Å². The van der Waals surface area contributed by atoms with Crippen LogP contribution in [0.15, 0.2) is 18.7 Å². The number of halogens is 1. The fraction of sp³-hybridized carbons (Fsp3) is 0.333. The summed E-state index contributed by atoms with van der Waals surface area (Å²) >= 11 is 6.07. The molecule has 1 aromatic carbocycles. The number of methoxy groups -OCH3 is 1. The van der Waals surface area contributed by atoms with Crippen LogP contribution in [-0.2, 0) is 0 Å². The third kappa shape index (κ3) is 2.10. The Morgan fingerprint density at radius 3 is 2.57 bits per heavy atom. The average Bonchev–Trinajstić information content (AvgIpc) is 2.16. The predicted molar refractivity (Wildman–Crippen MR) is 62.1 cm³/mol. The summed E-state index contributed by atoms with van der Waals surface area (Å²) in [5, 5.41) is 0.650. The third-order valence-electron chi connectivity index (χ3n) is 2.27. The second kappa shape index (κ2) is 4.52. The number of ether oxygens (including phenoxy) is 1. The molecule has 0 amide bonds. The highest BCUT2D eigenvalue weighted by Gasteiger charge is 2.07. The van der Waals surface area contributed by atoms with Crippen LogP contribution in [0.25, 0.3) is 5.57 Å². The fourth-order valence-electron chi connectivity index (χ4n) is 1.40. The van der Waals surface area contributed by atoms with Crippen LogP contribution in [0, 0.1) is 6.92 Å². The minimum atomic E-state index is 0.650. The monoisotopic (exact) mass is 210 g/mol. The van der Waals surface area contributed by atoms with E-state index in [9.17, 15) is 0 Å². The molecule has 1 rings (SSSR count). The van der Waals surface area contributed by atoms with Gasteiger partial charge in [-0.1, -0.05) is 25.1 Å². The Morgan fingerprint density at radius 2 is 2.14 bits per heavy atom. The smallest absolute Gasteiger partial charge is 0.140 e. The zero-order valence-electron chi connectivity index (χ0n) is 8.86. The van der Waals surface area contributed by atoms with Gasteiger partial charge < -0.3 is 4.74 Å². The lowest BCUT2D eigenvalue weighted by Crippen LogP contribution is -1.91. The molecule has 1 nitrogen and oxygen atoms in total. The molecule has 2 heteroatoms. The van der Waals surface area contributed by atoms with Crippen molar-refractivity contribution in [2.24, 2.45) is 0 Å². The molecule has 0 atom stereocenters. The highest BCUT2D eigenvalue weighted by molar-refractivity contribution is 6.32. The first kappa shape index (κ1) is 11.1. The predicted octanol–water partition coefficient (Wildman–Crippen LogP) is 4.08. The van der Waals surface area contributed by atoms with E-state index in [0.29, 0.717) is 5.02 Å². The number of benzene rings is 1. The number of allylic oxidation sites excluding steroid dienone is 1. The van der Waals surface area contributed by atoms with E-state index >= 15 is 0 Å². The Hall–Kier alpha value is -0.950. The van der Waals surface area contributed by atoms with Crippen molar-refractivity contribution in [3.63, 3.8) is 0 Å². The van der Waals surface area contributed by atoms with E-state index in [0.717, 1.165) is 28.9 Å². The van der Waals surface area contributed by atoms with Crippen molar-refractivity contribution in [1.82, 2.24) is 0 Å². The molecule has 0 aromatic heterocycles. The van der Waals surface area contributed by atoms with Gasteiger partial charge in [0.05, 0.1) is 12.1 Å². The molecule has 0 spiro atoms. The van der Waals surface area contributed by atoms with Crippen molar-refractivity contribution >= 4 is 17.2 Å². The highest BCUT2D eigenvalue weighted by Crippen LogP contribution is 2.32. The molecule has 0 aliphatic rings. The molecule has 0 heterocycles. The Morgan fingerprint density at radius 1 is 1.50 bits per heavy atom. The maximum atomic E-state index is 6.07. The molecule has 0 fully saturated rings. The van der Waals surface area contributed by atoms with Crippen LogP contribution in [0.5, 0.6) is 5.75 Å². The minimum absolute atomic E-state index is 0.650. The minimum Gasteiger partial charge on any atom is -0.495 e. The molecule has 0 radical (unpaired) electrons. The maximum absolute atomic E-state index is 6.07. The van der Waals surface area contributed by atoms with Crippen LogP contribution in [0.4, 0.5) is 0 Å². The first-order valence-corrected chi connectivity index (χ1v) is 5.00.